The molecule has 0 saturated heterocycles. The highest BCUT2D eigenvalue weighted by atomic mass is 35.5. The number of aromatic amines is 1. The van der Waals surface area contributed by atoms with Gasteiger partial charge in [0.25, 0.3) is 17.2 Å². The molecular formula is C20H14ClN5O5. The predicted octanol–water partition coefficient (Wildman–Crippen LogP) is 2.83. The molecule has 4 aromatic rings. The van der Waals surface area contributed by atoms with Crippen LogP contribution in [0.15, 0.2) is 64.3 Å². The van der Waals surface area contributed by atoms with Gasteiger partial charge in [0.2, 0.25) is 0 Å². The third-order valence-electron chi connectivity index (χ3n) is 4.67. The standard InChI is InChI=1S/C20H14ClN5O5/c1-24-10-15(18(27)22-12-3-2-4-14(9-12)26(30)31)16-17(24)19(28)25(20(29)23-16)13-7-5-11(21)6-8-13/h2-10H,1H3,(H,22,27)(H,23,29). The number of halogens is 1. The Morgan fingerprint density at radius 1 is 1.16 bits per heavy atom. The zero-order valence-electron chi connectivity index (χ0n) is 16.0. The number of rotatable bonds is 4. The lowest BCUT2D eigenvalue weighted by atomic mass is 10.2. The summed E-state index contributed by atoms with van der Waals surface area (Å²) in [6.07, 6.45) is 1.40. The molecule has 2 heterocycles. The summed E-state index contributed by atoms with van der Waals surface area (Å²) in [6, 6.07) is 11.6. The molecule has 1 amide bonds. The fourth-order valence-electron chi connectivity index (χ4n) is 3.26. The number of carbonyl (C=O) groups is 1. The Morgan fingerprint density at radius 2 is 1.87 bits per heavy atom. The number of H-pyrrole nitrogens is 1. The maximum absolute atomic E-state index is 13.1. The average molecular weight is 440 g/mol. The van der Waals surface area contributed by atoms with Crippen LogP contribution in [-0.2, 0) is 7.05 Å². The molecule has 156 valence electrons. The van der Waals surface area contributed by atoms with E-state index in [4.69, 9.17) is 11.6 Å². The summed E-state index contributed by atoms with van der Waals surface area (Å²) >= 11 is 5.87. The Balaban J connectivity index is 1.80. The fourth-order valence-corrected chi connectivity index (χ4v) is 3.39. The molecule has 31 heavy (non-hydrogen) atoms. The molecule has 0 aliphatic rings. The van der Waals surface area contributed by atoms with Crippen molar-refractivity contribution in [3.8, 4) is 5.69 Å². The highest BCUT2D eigenvalue weighted by Gasteiger charge is 2.20. The van der Waals surface area contributed by atoms with Gasteiger partial charge >= 0.3 is 5.69 Å². The van der Waals surface area contributed by atoms with Gasteiger partial charge in [-0.1, -0.05) is 17.7 Å². The topological polar surface area (TPSA) is 132 Å². The van der Waals surface area contributed by atoms with Crippen molar-refractivity contribution in [2.45, 2.75) is 0 Å². The van der Waals surface area contributed by atoms with Crippen molar-refractivity contribution in [1.29, 1.82) is 0 Å². The number of fused-ring (bicyclic) bond motifs is 1. The van der Waals surface area contributed by atoms with E-state index in [1.165, 1.54) is 47.2 Å². The second-order valence-corrected chi connectivity index (χ2v) is 7.12. The van der Waals surface area contributed by atoms with E-state index in [-0.39, 0.29) is 28.0 Å². The number of nitrogens with zero attached hydrogens (tertiary/aromatic N) is 3. The summed E-state index contributed by atoms with van der Waals surface area (Å²) in [5.41, 5.74) is -0.788. The molecule has 0 saturated carbocycles. The summed E-state index contributed by atoms with van der Waals surface area (Å²) in [7, 11) is 1.57. The Bertz CT molecular complexity index is 1470. The molecule has 11 heteroatoms. The largest absolute Gasteiger partial charge is 0.344 e. The third-order valence-corrected chi connectivity index (χ3v) is 4.92. The first-order chi connectivity index (χ1) is 14.8. The van der Waals surface area contributed by atoms with E-state index in [2.05, 4.69) is 10.3 Å². The predicted molar refractivity (Wildman–Crippen MR) is 115 cm³/mol. The van der Waals surface area contributed by atoms with Crippen molar-refractivity contribution in [3.05, 3.63) is 96.3 Å². The Morgan fingerprint density at radius 3 is 2.55 bits per heavy atom. The summed E-state index contributed by atoms with van der Waals surface area (Å²) in [6.45, 7) is 0. The lowest BCUT2D eigenvalue weighted by molar-refractivity contribution is -0.384. The number of hydrogen-bond donors (Lipinski definition) is 2. The van der Waals surface area contributed by atoms with E-state index in [1.54, 1.807) is 19.2 Å². The number of aryl methyl sites for hydroxylation is 1. The van der Waals surface area contributed by atoms with Crippen molar-refractivity contribution in [2.24, 2.45) is 7.05 Å². The first-order valence-electron chi connectivity index (χ1n) is 8.92. The first-order valence-corrected chi connectivity index (χ1v) is 9.30. The molecule has 4 rings (SSSR count). The van der Waals surface area contributed by atoms with Gasteiger partial charge in [0, 0.05) is 36.1 Å². The maximum Gasteiger partial charge on any atom is 0.333 e. The van der Waals surface area contributed by atoms with Crippen LogP contribution in [0.3, 0.4) is 0 Å². The summed E-state index contributed by atoms with van der Waals surface area (Å²) < 4.78 is 2.38. The minimum Gasteiger partial charge on any atom is -0.344 e. The van der Waals surface area contributed by atoms with E-state index in [0.29, 0.717) is 10.7 Å². The van der Waals surface area contributed by atoms with Crippen LogP contribution in [-0.4, -0.2) is 24.9 Å². The van der Waals surface area contributed by atoms with E-state index >= 15 is 0 Å². The van der Waals surface area contributed by atoms with Crippen LogP contribution >= 0.6 is 11.6 Å². The molecule has 2 aromatic heterocycles. The van der Waals surface area contributed by atoms with Crippen molar-refractivity contribution < 1.29 is 9.72 Å². The highest BCUT2D eigenvalue weighted by molar-refractivity contribution is 6.30. The molecule has 0 spiro atoms. The van der Waals surface area contributed by atoms with Gasteiger partial charge in [-0.15, -0.1) is 0 Å². The summed E-state index contributed by atoms with van der Waals surface area (Å²) in [5.74, 6) is -0.634. The smallest absolute Gasteiger partial charge is 0.333 e. The van der Waals surface area contributed by atoms with Gasteiger partial charge < -0.3 is 14.9 Å². The average Bonchev–Trinajstić information content (AvgIpc) is 3.06. The number of anilines is 1. The lowest BCUT2D eigenvalue weighted by Crippen LogP contribution is -2.34. The first kappa shape index (κ1) is 20.1. The minimum atomic E-state index is -0.726. The van der Waals surface area contributed by atoms with E-state index < -0.39 is 22.1 Å². The van der Waals surface area contributed by atoms with Gasteiger partial charge in [-0.2, -0.15) is 0 Å². The van der Waals surface area contributed by atoms with Crippen LogP contribution in [0, 0.1) is 10.1 Å². The van der Waals surface area contributed by atoms with Gasteiger partial charge in [-0.25, -0.2) is 9.36 Å². The number of hydrogen-bond acceptors (Lipinski definition) is 5. The monoisotopic (exact) mass is 439 g/mol. The molecule has 10 nitrogen and oxygen atoms in total. The molecule has 0 fully saturated rings. The Hall–Kier alpha value is -4.18. The van der Waals surface area contributed by atoms with Gasteiger partial charge in [0.15, 0.2) is 0 Å². The Labute approximate surface area is 178 Å². The molecule has 0 radical (unpaired) electrons. The number of nitro groups is 1. The number of nitrogens with one attached hydrogen (secondary N) is 2. The number of benzene rings is 2. The van der Waals surface area contributed by atoms with E-state index in [0.717, 1.165) is 4.57 Å². The van der Waals surface area contributed by atoms with Crippen LogP contribution in [0.5, 0.6) is 0 Å². The van der Waals surface area contributed by atoms with Crippen LogP contribution in [0.1, 0.15) is 10.4 Å². The fraction of sp³-hybridized carbons (Fsp3) is 0.0500. The van der Waals surface area contributed by atoms with Gasteiger partial charge in [0.05, 0.1) is 21.7 Å². The number of nitro benzene ring substituents is 1. The maximum atomic E-state index is 13.1. The molecule has 0 atom stereocenters. The SMILES string of the molecule is Cn1cc(C(=O)Nc2cccc([N+](=O)[O-])c2)c2[nH]c(=O)n(-c3ccc(Cl)cc3)c(=O)c21. The summed E-state index contributed by atoms with van der Waals surface area (Å²) in [5, 5.41) is 13.9. The molecule has 0 bridgehead atoms. The van der Waals surface area contributed by atoms with Crippen LogP contribution in [0.2, 0.25) is 5.02 Å². The Kier molecular flexibility index (Phi) is 4.91. The van der Waals surface area contributed by atoms with Crippen molar-refractivity contribution in [3.63, 3.8) is 0 Å². The highest BCUT2D eigenvalue weighted by Crippen LogP contribution is 2.20. The molecule has 2 N–H and O–H groups in total. The number of non-ortho nitro benzene ring substituents is 1. The molecule has 0 aliphatic carbocycles. The van der Waals surface area contributed by atoms with Crippen molar-refractivity contribution in [2.75, 3.05) is 5.32 Å². The van der Waals surface area contributed by atoms with Gasteiger partial charge in [0.1, 0.15) is 5.52 Å². The van der Waals surface area contributed by atoms with Crippen LogP contribution in [0.4, 0.5) is 11.4 Å². The minimum absolute atomic E-state index is 0.0430. The van der Waals surface area contributed by atoms with E-state index in [9.17, 15) is 24.5 Å². The lowest BCUT2D eigenvalue weighted by Gasteiger charge is -2.07. The zero-order valence-corrected chi connectivity index (χ0v) is 16.7. The van der Waals surface area contributed by atoms with Crippen molar-refractivity contribution >= 4 is 39.9 Å². The molecule has 0 unspecified atom stereocenters. The second kappa shape index (κ2) is 7.58. The van der Waals surface area contributed by atoms with E-state index in [1.807, 2.05) is 0 Å². The van der Waals surface area contributed by atoms with Crippen molar-refractivity contribution in [1.82, 2.24) is 14.1 Å². The molecule has 0 aliphatic heterocycles. The normalized spacial score (nSPS) is 10.9. The quantitative estimate of drug-likeness (QED) is 0.372. The summed E-state index contributed by atoms with van der Waals surface area (Å²) in [4.78, 5) is 51.4. The number of amides is 1. The van der Waals surface area contributed by atoms with Gasteiger partial charge in [-0.05, 0) is 30.3 Å². The number of carbonyl (C=O) groups excluding carboxylic acids is 1. The van der Waals surface area contributed by atoms with Crippen LogP contribution in [0.25, 0.3) is 16.7 Å². The molecular weight excluding hydrogens is 426 g/mol. The molecule has 2 aromatic carbocycles. The third kappa shape index (κ3) is 3.60. The van der Waals surface area contributed by atoms with Crippen LogP contribution < -0.4 is 16.6 Å². The van der Waals surface area contributed by atoms with Gasteiger partial charge in [-0.3, -0.25) is 19.7 Å². The zero-order chi connectivity index (χ0) is 22.3. The second-order valence-electron chi connectivity index (χ2n) is 6.69. The number of aromatic nitrogens is 3.